The zero-order chi connectivity index (χ0) is 35.8. The number of aromatic nitrogens is 5. The number of rotatable bonds is 5. The average molecular weight is 676 g/mol. The van der Waals surface area contributed by atoms with E-state index in [-0.39, 0.29) is 16.2 Å². The number of benzene rings is 5. The van der Waals surface area contributed by atoms with Crippen molar-refractivity contribution >= 4 is 21.8 Å². The monoisotopic (exact) mass is 675 g/mol. The van der Waals surface area contributed by atoms with Gasteiger partial charge in [-0.2, -0.15) is 0 Å². The van der Waals surface area contributed by atoms with Gasteiger partial charge in [-0.3, -0.25) is 4.98 Å². The van der Waals surface area contributed by atoms with Gasteiger partial charge in [-0.25, -0.2) is 15.0 Å². The van der Waals surface area contributed by atoms with Crippen molar-refractivity contribution in [3.8, 4) is 51.1 Å². The highest BCUT2D eigenvalue weighted by molar-refractivity contribution is 6.09. The molecule has 1 aliphatic carbocycles. The number of hydrogen-bond acceptors (Lipinski definition) is 4. The van der Waals surface area contributed by atoms with E-state index in [0.717, 1.165) is 33.6 Å². The highest BCUT2D eigenvalue weighted by Gasteiger charge is 2.56. The third kappa shape index (κ3) is 4.76. The van der Waals surface area contributed by atoms with Crippen molar-refractivity contribution in [3.05, 3.63) is 151 Å². The van der Waals surface area contributed by atoms with Gasteiger partial charge in [0.2, 0.25) is 0 Å². The quantitative estimate of drug-likeness (QED) is 0.182. The van der Waals surface area contributed by atoms with Gasteiger partial charge in [0.25, 0.3) is 0 Å². The Balaban J connectivity index is 1.10. The predicted molar refractivity (Wildman–Crippen MR) is 214 cm³/mol. The maximum atomic E-state index is 5.02. The summed E-state index contributed by atoms with van der Waals surface area (Å²) in [5.41, 5.74) is 11.2. The summed E-state index contributed by atoms with van der Waals surface area (Å²) in [5.74, 6) is 1.84. The first-order chi connectivity index (χ1) is 25.0. The van der Waals surface area contributed by atoms with Crippen molar-refractivity contribution in [2.24, 2.45) is 5.41 Å². The van der Waals surface area contributed by atoms with Gasteiger partial charge in [0.15, 0.2) is 17.5 Å². The van der Waals surface area contributed by atoms with Gasteiger partial charge in [-0.15, -0.1) is 0 Å². The molecule has 0 amide bonds. The van der Waals surface area contributed by atoms with Crippen molar-refractivity contribution in [2.75, 3.05) is 0 Å². The molecule has 0 N–H and O–H groups in total. The Bertz CT molecular complexity index is 2580. The second-order valence-electron chi connectivity index (χ2n) is 15.7. The SMILES string of the molecule is CC1(C)c2ccc(-c3ccc(-c4nc(-c5ccccc5)nc(-c5ccc(-n6c7ccccc7c7ccccc76)cc5)n4)cn3)cc2C(C)(C)C1(C)C. The maximum absolute atomic E-state index is 5.02. The minimum Gasteiger partial charge on any atom is -0.309 e. The predicted octanol–water partition coefficient (Wildman–Crippen LogP) is 11.6. The molecule has 0 radical (unpaired) electrons. The van der Waals surface area contributed by atoms with E-state index >= 15 is 0 Å². The third-order valence-corrected chi connectivity index (χ3v) is 12.4. The molecule has 254 valence electrons. The van der Waals surface area contributed by atoms with Gasteiger partial charge < -0.3 is 4.57 Å². The lowest BCUT2D eigenvalue weighted by molar-refractivity contribution is 0.125. The summed E-state index contributed by atoms with van der Waals surface area (Å²) in [6.07, 6.45) is 1.89. The van der Waals surface area contributed by atoms with Crippen molar-refractivity contribution in [3.63, 3.8) is 0 Å². The zero-order valence-electron chi connectivity index (χ0n) is 30.5. The summed E-state index contributed by atoms with van der Waals surface area (Å²) in [7, 11) is 0. The molecule has 0 bridgehead atoms. The Labute approximate surface area is 305 Å². The molecule has 5 aromatic carbocycles. The molecule has 0 fully saturated rings. The largest absolute Gasteiger partial charge is 0.309 e. The van der Waals surface area contributed by atoms with Crippen LogP contribution in [-0.2, 0) is 10.8 Å². The van der Waals surface area contributed by atoms with Crippen LogP contribution in [0.1, 0.15) is 52.7 Å². The van der Waals surface area contributed by atoms with E-state index in [1.165, 1.54) is 32.9 Å². The molecule has 52 heavy (non-hydrogen) atoms. The maximum Gasteiger partial charge on any atom is 0.165 e. The molecule has 3 heterocycles. The lowest BCUT2D eigenvalue weighted by Crippen LogP contribution is -2.42. The van der Waals surface area contributed by atoms with Crippen LogP contribution >= 0.6 is 0 Å². The molecule has 5 heteroatoms. The summed E-state index contributed by atoms with van der Waals surface area (Å²) >= 11 is 0. The average Bonchev–Trinajstić information content (AvgIpc) is 3.56. The lowest BCUT2D eigenvalue weighted by Gasteiger charge is -2.44. The van der Waals surface area contributed by atoms with Crippen molar-refractivity contribution in [2.45, 2.75) is 52.4 Å². The fraction of sp³-hybridized carbons (Fsp3) is 0.191. The van der Waals surface area contributed by atoms with Crippen LogP contribution in [0.3, 0.4) is 0 Å². The van der Waals surface area contributed by atoms with Crippen molar-refractivity contribution < 1.29 is 0 Å². The molecule has 8 aromatic rings. The van der Waals surface area contributed by atoms with E-state index in [2.05, 4.69) is 149 Å². The summed E-state index contributed by atoms with van der Waals surface area (Å²) < 4.78 is 2.32. The smallest absolute Gasteiger partial charge is 0.165 e. The molecule has 0 saturated heterocycles. The number of hydrogen-bond donors (Lipinski definition) is 0. The standard InChI is InChI=1S/C47H41N5/c1-45(2)37-26-22-32(28-38(37)46(3,4)47(45,5)6)39-27-23-33(29-48-39)44-50-42(30-14-8-7-9-15-30)49-43(51-44)31-20-24-34(25-21-31)52-40-18-12-10-16-35(40)36-17-11-13-19-41(36)52/h7-29H,1-6H3. The van der Waals surface area contributed by atoms with Crippen LogP contribution < -0.4 is 0 Å². The first-order valence-electron chi connectivity index (χ1n) is 18.1. The molecule has 1 aliphatic rings. The van der Waals surface area contributed by atoms with Gasteiger partial charge in [0, 0.05) is 44.9 Å². The van der Waals surface area contributed by atoms with Crippen LogP contribution in [-0.4, -0.2) is 24.5 Å². The van der Waals surface area contributed by atoms with Crippen LogP contribution in [0.2, 0.25) is 0 Å². The topological polar surface area (TPSA) is 56.5 Å². The lowest BCUT2D eigenvalue weighted by atomic mass is 9.59. The van der Waals surface area contributed by atoms with E-state index in [0.29, 0.717) is 17.5 Å². The van der Waals surface area contributed by atoms with Crippen LogP contribution in [0.15, 0.2) is 140 Å². The zero-order valence-corrected chi connectivity index (χ0v) is 30.5. The Morgan fingerprint density at radius 2 is 0.942 bits per heavy atom. The van der Waals surface area contributed by atoms with E-state index in [4.69, 9.17) is 19.9 Å². The Hall–Kier alpha value is -5.94. The molecule has 0 saturated carbocycles. The second-order valence-corrected chi connectivity index (χ2v) is 15.7. The number of fused-ring (bicyclic) bond motifs is 4. The molecule has 0 unspecified atom stereocenters. The van der Waals surface area contributed by atoms with Gasteiger partial charge in [0.05, 0.1) is 16.7 Å². The van der Waals surface area contributed by atoms with Crippen LogP contribution in [0.25, 0.3) is 72.9 Å². The Morgan fingerprint density at radius 1 is 0.442 bits per heavy atom. The fourth-order valence-electron chi connectivity index (χ4n) is 8.23. The Morgan fingerprint density at radius 3 is 1.54 bits per heavy atom. The second kappa shape index (κ2) is 11.5. The fourth-order valence-corrected chi connectivity index (χ4v) is 8.23. The van der Waals surface area contributed by atoms with E-state index in [1.54, 1.807) is 0 Å². The molecule has 0 atom stereocenters. The molecule has 9 rings (SSSR count). The number of para-hydroxylation sites is 2. The summed E-state index contributed by atoms with van der Waals surface area (Å²) in [6, 6.07) is 46.8. The van der Waals surface area contributed by atoms with Crippen LogP contribution in [0.4, 0.5) is 0 Å². The van der Waals surface area contributed by atoms with Crippen molar-refractivity contribution in [1.29, 1.82) is 0 Å². The highest BCUT2D eigenvalue weighted by Crippen LogP contribution is 2.61. The van der Waals surface area contributed by atoms with Crippen LogP contribution in [0.5, 0.6) is 0 Å². The summed E-state index contributed by atoms with van der Waals surface area (Å²) in [5, 5.41) is 2.48. The normalized spacial score (nSPS) is 15.6. The van der Waals surface area contributed by atoms with E-state index in [1.807, 2.05) is 36.5 Å². The first-order valence-corrected chi connectivity index (χ1v) is 18.1. The minimum atomic E-state index is 0.0263. The summed E-state index contributed by atoms with van der Waals surface area (Å²) in [4.78, 5) is 19.9. The molecule has 0 spiro atoms. The summed E-state index contributed by atoms with van der Waals surface area (Å²) in [6.45, 7) is 14.3. The van der Waals surface area contributed by atoms with Gasteiger partial charge >= 0.3 is 0 Å². The van der Waals surface area contributed by atoms with Crippen LogP contribution in [0, 0.1) is 5.41 Å². The number of pyridine rings is 1. The van der Waals surface area contributed by atoms with E-state index < -0.39 is 0 Å². The molecular formula is C47H41N5. The molecular weight excluding hydrogens is 635 g/mol. The van der Waals surface area contributed by atoms with Crippen molar-refractivity contribution in [1.82, 2.24) is 24.5 Å². The van der Waals surface area contributed by atoms with Gasteiger partial charge in [-0.05, 0) is 82.0 Å². The molecule has 3 aromatic heterocycles. The molecule has 5 nitrogen and oxygen atoms in total. The van der Waals surface area contributed by atoms with E-state index in [9.17, 15) is 0 Å². The number of nitrogens with zero attached hydrogens (tertiary/aromatic N) is 5. The first kappa shape index (κ1) is 32.0. The third-order valence-electron chi connectivity index (χ3n) is 12.4. The minimum absolute atomic E-state index is 0.0263. The highest BCUT2D eigenvalue weighted by atomic mass is 15.0. The molecule has 0 aliphatic heterocycles. The van der Waals surface area contributed by atoms with Gasteiger partial charge in [0.1, 0.15) is 0 Å². The van der Waals surface area contributed by atoms with Gasteiger partial charge in [-0.1, -0.05) is 120 Å². The Kier molecular flexibility index (Phi) is 7.10.